The van der Waals surface area contributed by atoms with E-state index in [0.29, 0.717) is 41.4 Å². The average Bonchev–Trinajstić information content (AvgIpc) is 3.00. The molecule has 174 valence electrons. The van der Waals surface area contributed by atoms with Gasteiger partial charge in [-0.1, -0.05) is 31.5 Å². The maximum atomic E-state index is 13.4. The topological polar surface area (TPSA) is 68.6 Å². The lowest BCUT2D eigenvalue weighted by Gasteiger charge is -2.23. The molecule has 1 aromatic carbocycles. The van der Waals surface area contributed by atoms with Crippen LogP contribution in [0.1, 0.15) is 82.1 Å². The lowest BCUT2D eigenvalue weighted by Crippen LogP contribution is -2.37. The Balaban J connectivity index is 2.39. The van der Waals surface area contributed by atoms with Crippen LogP contribution in [0.25, 0.3) is 0 Å². The minimum absolute atomic E-state index is 0.0307. The van der Waals surface area contributed by atoms with Crippen molar-refractivity contribution >= 4 is 17.7 Å². The number of hydrogen-bond acceptors (Lipinski definition) is 4. The van der Waals surface area contributed by atoms with Crippen LogP contribution in [0.2, 0.25) is 0 Å². The van der Waals surface area contributed by atoms with Crippen LogP contribution in [0.15, 0.2) is 24.3 Å². The average molecular weight is 441 g/mol. The number of aryl methyl sites for hydroxylation is 1. The summed E-state index contributed by atoms with van der Waals surface area (Å²) < 4.78 is 7.04. The van der Waals surface area contributed by atoms with Gasteiger partial charge in [0.2, 0.25) is 0 Å². The van der Waals surface area contributed by atoms with Gasteiger partial charge in [0.15, 0.2) is 5.78 Å². The molecule has 2 rings (SSSR count). The summed E-state index contributed by atoms with van der Waals surface area (Å²) in [4.78, 5) is 40.8. The highest BCUT2D eigenvalue weighted by Crippen LogP contribution is 2.24. The van der Waals surface area contributed by atoms with E-state index in [0.717, 1.165) is 17.7 Å². The number of aromatic nitrogens is 1. The van der Waals surface area contributed by atoms with Crippen molar-refractivity contribution in [3.05, 3.63) is 57.9 Å². The first-order chi connectivity index (χ1) is 15.1. The Bertz CT molecular complexity index is 971. The Morgan fingerprint density at radius 2 is 1.66 bits per heavy atom. The van der Waals surface area contributed by atoms with Crippen LogP contribution in [0.4, 0.5) is 0 Å². The van der Waals surface area contributed by atoms with Crippen LogP contribution in [0.3, 0.4) is 0 Å². The predicted molar refractivity (Wildman–Crippen MR) is 126 cm³/mol. The monoisotopic (exact) mass is 440 g/mol. The highest BCUT2D eigenvalue weighted by atomic mass is 16.5. The van der Waals surface area contributed by atoms with Crippen molar-refractivity contribution in [2.24, 2.45) is 5.92 Å². The second-order valence-corrected chi connectivity index (χ2v) is 8.60. The summed E-state index contributed by atoms with van der Waals surface area (Å²) in [6, 6.07) is 7.40. The van der Waals surface area contributed by atoms with Crippen LogP contribution in [0.5, 0.6) is 0 Å². The predicted octanol–water partition coefficient (Wildman–Crippen LogP) is 4.98. The van der Waals surface area contributed by atoms with E-state index in [1.54, 1.807) is 30.9 Å². The van der Waals surface area contributed by atoms with E-state index in [4.69, 9.17) is 4.74 Å². The van der Waals surface area contributed by atoms with Crippen molar-refractivity contribution in [1.82, 2.24) is 9.47 Å². The molecule has 0 N–H and O–H groups in total. The van der Waals surface area contributed by atoms with Gasteiger partial charge in [0, 0.05) is 29.9 Å². The van der Waals surface area contributed by atoms with Gasteiger partial charge >= 0.3 is 5.97 Å². The normalized spacial score (nSPS) is 11.0. The van der Waals surface area contributed by atoms with Crippen molar-refractivity contribution in [3.63, 3.8) is 0 Å². The molecule has 2 aromatic rings. The van der Waals surface area contributed by atoms with Crippen molar-refractivity contribution in [2.45, 2.75) is 61.4 Å². The highest BCUT2D eigenvalue weighted by molar-refractivity contribution is 6.06. The van der Waals surface area contributed by atoms with E-state index in [2.05, 4.69) is 13.8 Å². The van der Waals surface area contributed by atoms with Gasteiger partial charge in [-0.25, -0.2) is 4.79 Å². The van der Waals surface area contributed by atoms with Crippen LogP contribution in [0, 0.1) is 26.7 Å². The fraction of sp³-hybridized carbons (Fsp3) is 0.500. The number of benzene rings is 1. The molecule has 0 aliphatic carbocycles. The molecule has 0 aliphatic rings. The molecule has 0 bridgehead atoms. The number of carbonyl (C=O) groups excluding carboxylic acids is 3. The summed E-state index contributed by atoms with van der Waals surface area (Å²) in [6.07, 6.45) is 0.799. The SMILES string of the molecule is CCOC(=O)c1c(C)c(C(=O)CN(CCC(C)C)C(=O)c2ccc(C)cc2)c(C)n1CC. The van der Waals surface area contributed by atoms with Gasteiger partial charge in [0.1, 0.15) is 5.69 Å². The number of hydrogen-bond donors (Lipinski definition) is 0. The number of esters is 1. The zero-order chi connectivity index (χ0) is 24.0. The Labute approximate surface area is 191 Å². The number of rotatable bonds is 10. The largest absolute Gasteiger partial charge is 0.461 e. The molecular weight excluding hydrogens is 404 g/mol. The standard InChI is InChI=1S/C26H36N2O4/c1-8-28-20(7)23(19(6)24(28)26(31)32-9-2)22(29)16-27(15-14-17(3)4)25(30)21-12-10-18(5)11-13-21/h10-13,17H,8-9,14-16H2,1-7H3. The molecule has 1 amide bonds. The lowest BCUT2D eigenvalue weighted by atomic mass is 10.0. The molecule has 1 aromatic heterocycles. The number of amides is 1. The first kappa shape index (κ1) is 25.4. The summed E-state index contributed by atoms with van der Waals surface area (Å²) in [5, 5.41) is 0. The molecule has 0 saturated carbocycles. The van der Waals surface area contributed by atoms with Crippen molar-refractivity contribution in [3.8, 4) is 0 Å². The number of carbonyl (C=O) groups is 3. The molecule has 0 unspecified atom stereocenters. The highest BCUT2D eigenvalue weighted by Gasteiger charge is 2.28. The fourth-order valence-electron chi connectivity index (χ4n) is 3.96. The maximum absolute atomic E-state index is 13.4. The summed E-state index contributed by atoms with van der Waals surface area (Å²) >= 11 is 0. The molecule has 32 heavy (non-hydrogen) atoms. The second kappa shape index (κ2) is 11.1. The summed E-state index contributed by atoms with van der Waals surface area (Å²) in [5.74, 6) is -0.350. The van der Waals surface area contributed by atoms with Crippen LogP contribution >= 0.6 is 0 Å². The molecular formula is C26H36N2O4. The van der Waals surface area contributed by atoms with Gasteiger partial charge in [-0.3, -0.25) is 9.59 Å². The lowest BCUT2D eigenvalue weighted by molar-refractivity contribution is 0.0512. The van der Waals surface area contributed by atoms with Gasteiger partial charge in [-0.05, 0) is 64.7 Å². The van der Waals surface area contributed by atoms with Crippen molar-refractivity contribution in [2.75, 3.05) is 19.7 Å². The molecule has 6 nitrogen and oxygen atoms in total. The number of nitrogens with zero attached hydrogens (tertiary/aromatic N) is 2. The van der Waals surface area contributed by atoms with Crippen LogP contribution in [-0.4, -0.2) is 46.8 Å². The Kier molecular flexibility index (Phi) is 8.81. The molecule has 0 atom stereocenters. The number of ether oxygens (including phenoxy) is 1. The summed E-state index contributed by atoms with van der Waals surface area (Å²) in [5.41, 5.74) is 3.89. The molecule has 0 aliphatic heterocycles. The quantitative estimate of drug-likeness (QED) is 0.386. The van der Waals surface area contributed by atoms with E-state index >= 15 is 0 Å². The van der Waals surface area contributed by atoms with E-state index in [1.165, 1.54) is 0 Å². The van der Waals surface area contributed by atoms with Gasteiger partial charge in [-0.2, -0.15) is 0 Å². The first-order valence-corrected chi connectivity index (χ1v) is 11.4. The fourth-order valence-corrected chi connectivity index (χ4v) is 3.96. The van der Waals surface area contributed by atoms with Gasteiger partial charge in [0.25, 0.3) is 5.91 Å². The van der Waals surface area contributed by atoms with Crippen LogP contribution in [-0.2, 0) is 11.3 Å². The Hall–Kier alpha value is -2.89. The van der Waals surface area contributed by atoms with E-state index in [1.807, 2.05) is 37.5 Å². The maximum Gasteiger partial charge on any atom is 0.355 e. The summed E-state index contributed by atoms with van der Waals surface area (Å²) in [7, 11) is 0. The molecule has 1 heterocycles. The van der Waals surface area contributed by atoms with E-state index in [9.17, 15) is 14.4 Å². The van der Waals surface area contributed by atoms with Crippen molar-refractivity contribution in [1.29, 1.82) is 0 Å². The minimum Gasteiger partial charge on any atom is -0.461 e. The molecule has 0 spiro atoms. The minimum atomic E-state index is -0.429. The smallest absolute Gasteiger partial charge is 0.355 e. The first-order valence-electron chi connectivity index (χ1n) is 11.4. The van der Waals surface area contributed by atoms with Gasteiger partial charge in [-0.15, -0.1) is 0 Å². The molecule has 0 fully saturated rings. The third-order valence-electron chi connectivity index (χ3n) is 5.73. The summed E-state index contributed by atoms with van der Waals surface area (Å²) in [6.45, 7) is 14.7. The van der Waals surface area contributed by atoms with Crippen LogP contribution < -0.4 is 0 Å². The van der Waals surface area contributed by atoms with Gasteiger partial charge < -0.3 is 14.2 Å². The molecule has 0 radical (unpaired) electrons. The van der Waals surface area contributed by atoms with Gasteiger partial charge in [0.05, 0.1) is 13.2 Å². The van der Waals surface area contributed by atoms with E-state index in [-0.39, 0.29) is 24.8 Å². The Morgan fingerprint density at radius 1 is 1.03 bits per heavy atom. The van der Waals surface area contributed by atoms with E-state index < -0.39 is 5.97 Å². The number of ketones is 1. The number of Topliss-reactive ketones (excluding diaryl/α,β-unsaturated/α-hetero) is 1. The second-order valence-electron chi connectivity index (χ2n) is 8.60. The Morgan fingerprint density at radius 3 is 2.19 bits per heavy atom. The third-order valence-corrected chi connectivity index (χ3v) is 5.73. The third kappa shape index (κ3) is 5.67. The zero-order valence-corrected chi connectivity index (χ0v) is 20.4. The van der Waals surface area contributed by atoms with Crippen molar-refractivity contribution < 1.29 is 19.1 Å². The zero-order valence-electron chi connectivity index (χ0n) is 20.4. The molecule has 6 heteroatoms. The molecule has 0 saturated heterocycles.